The summed E-state index contributed by atoms with van der Waals surface area (Å²) in [7, 11) is 0. The third kappa shape index (κ3) is 2.92. The highest BCUT2D eigenvalue weighted by Crippen LogP contribution is 2.37. The Morgan fingerprint density at radius 2 is 1.96 bits per heavy atom. The van der Waals surface area contributed by atoms with E-state index in [2.05, 4.69) is 15.4 Å². The molecule has 0 radical (unpaired) electrons. The molecule has 0 saturated carbocycles. The van der Waals surface area contributed by atoms with Crippen molar-refractivity contribution in [3.63, 3.8) is 0 Å². The summed E-state index contributed by atoms with van der Waals surface area (Å²) in [6.45, 7) is 1.47. The van der Waals surface area contributed by atoms with Gasteiger partial charge in [0.25, 0.3) is 6.01 Å². The van der Waals surface area contributed by atoms with Gasteiger partial charge in [0.15, 0.2) is 11.7 Å². The number of rotatable bonds is 3. The fraction of sp³-hybridized carbons (Fsp3) is 0.444. The monoisotopic (exact) mass is 393 g/mol. The molecule has 3 aromatic rings. The first-order valence-electron chi connectivity index (χ1n) is 9.09. The number of oxazole rings is 1. The molecular weight excluding hydrogens is 375 g/mol. The van der Waals surface area contributed by atoms with Gasteiger partial charge in [-0.05, 0) is 36.6 Å². The molecule has 2 saturated heterocycles. The maximum atomic E-state index is 13.1. The third-order valence-electron chi connectivity index (χ3n) is 5.35. The molecule has 28 heavy (non-hydrogen) atoms. The standard InChI is InChI=1S/C18H18F3N5O2/c19-18(20,21)16(27)10-6-13-15(14(7-10)26-5-1-4-22-26)28-17(24-13)25-8-11-2-3-12(9-25)23-11/h1,4-7,11-12,16,23,27H,2-3,8-9H2. The lowest BCUT2D eigenvalue weighted by molar-refractivity contribution is -0.206. The van der Waals surface area contributed by atoms with E-state index < -0.39 is 12.3 Å². The number of aliphatic hydroxyl groups excluding tert-OH is 1. The first kappa shape index (κ1) is 17.5. The Hall–Kier alpha value is -2.59. The van der Waals surface area contributed by atoms with Gasteiger partial charge in [-0.2, -0.15) is 23.3 Å². The van der Waals surface area contributed by atoms with E-state index in [9.17, 15) is 18.3 Å². The van der Waals surface area contributed by atoms with E-state index in [1.54, 1.807) is 12.3 Å². The number of benzene rings is 1. The van der Waals surface area contributed by atoms with Gasteiger partial charge >= 0.3 is 6.18 Å². The number of hydrogen-bond acceptors (Lipinski definition) is 6. The molecule has 1 aromatic carbocycles. The van der Waals surface area contributed by atoms with Crippen molar-refractivity contribution in [3.05, 3.63) is 36.2 Å². The zero-order chi connectivity index (χ0) is 19.5. The molecule has 2 aliphatic heterocycles. The Morgan fingerprint density at radius 1 is 1.21 bits per heavy atom. The number of aliphatic hydroxyl groups is 1. The lowest BCUT2D eigenvalue weighted by Crippen LogP contribution is -2.51. The molecular formula is C18H18F3N5O2. The van der Waals surface area contributed by atoms with E-state index in [0.29, 0.717) is 29.4 Å². The molecule has 3 atom stereocenters. The van der Waals surface area contributed by atoms with Crippen LogP contribution in [0.25, 0.3) is 16.8 Å². The molecule has 3 unspecified atom stereocenters. The smallest absolute Gasteiger partial charge is 0.418 e. The van der Waals surface area contributed by atoms with Crippen LogP contribution in [0, 0.1) is 0 Å². The molecule has 148 valence electrons. The molecule has 2 N–H and O–H groups in total. The molecule has 5 rings (SSSR count). The highest BCUT2D eigenvalue weighted by atomic mass is 19.4. The van der Waals surface area contributed by atoms with Gasteiger partial charge in [-0.15, -0.1) is 0 Å². The number of nitrogens with zero attached hydrogens (tertiary/aromatic N) is 4. The van der Waals surface area contributed by atoms with E-state index in [1.807, 2.05) is 4.90 Å². The van der Waals surface area contributed by atoms with Crippen LogP contribution in [0.3, 0.4) is 0 Å². The van der Waals surface area contributed by atoms with E-state index in [4.69, 9.17) is 4.42 Å². The Labute approximate surface area is 157 Å². The minimum absolute atomic E-state index is 0.257. The molecule has 10 heteroatoms. The fourth-order valence-corrected chi connectivity index (χ4v) is 4.04. The summed E-state index contributed by atoms with van der Waals surface area (Å²) >= 11 is 0. The Bertz CT molecular complexity index is 989. The highest BCUT2D eigenvalue weighted by Gasteiger charge is 2.40. The Kier molecular flexibility index (Phi) is 3.88. The van der Waals surface area contributed by atoms with Crippen molar-refractivity contribution in [2.75, 3.05) is 18.0 Å². The van der Waals surface area contributed by atoms with Crippen LogP contribution < -0.4 is 10.2 Å². The van der Waals surface area contributed by atoms with Gasteiger partial charge in [-0.25, -0.2) is 4.68 Å². The summed E-state index contributed by atoms with van der Waals surface area (Å²) in [6, 6.07) is 5.22. The summed E-state index contributed by atoms with van der Waals surface area (Å²) in [5.41, 5.74) is 0.596. The third-order valence-corrected chi connectivity index (χ3v) is 5.35. The van der Waals surface area contributed by atoms with Crippen LogP contribution in [0.5, 0.6) is 0 Å². The molecule has 2 aromatic heterocycles. The topological polar surface area (TPSA) is 79.3 Å². The van der Waals surface area contributed by atoms with Crippen molar-refractivity contribution in [2.45, 2.75) is 37.2 Å². The molecule has 0 amide bonds. The molecule has 4 heterocycles. The van der Waals surface area contributed by atoms with Crippen molar-refractivity contribution in [1.29, 1.82) is 0 Å². The lowest BCUT2D eigenvalue weighted by Gasteiger charge is -2.31. The van der Waals surface area contributed by atoms with Crippen LogP contribution in [0.4, 0.5) is 19.2 Å². The predicted molar refractivity (Wildman–Crippen MR) is 94.3 cm³/mol. The Morgan fingerprint density at radius 3 is 2.61 bits per heavy atom. The van der Waals surface area contributed by atoms with Crippen molar-refractivity contribution >= 4 is 17.1 Å². The molecule has 2 fully saturated rings. The number of halogens is 3. The first-order valence-corrected chi connectivity index (χ1v) is 9.09. The maximum absolute atomic E-state index is 13.1. The van der Waals surface area contributed by atoms with Crippen LogP contribution in [0.2, 0.25) is 0 Å². The summed E-state index contributed by atoms with van der Waals surface area (Å²) in [4.78, 5) is 6.46. The molecule has 0 aliphatic carbocycles. The van der Waals surface area contributed by atoms with E-state index in [0.717, 1.165) is 25.9 Å². The SMILES string of the molecule is OC(c1cc(-n2cccn2)c2oc(N3CC4CCC(C3)N4)nc2c1)C(F)(F)F. The fourth-order valence-electron chi connectivity index (χ4n) is 4.04. The van der Waals surface area contributed by atoms with Crippen LogP contribution in [0.1, 0.15) is 24.5 Å². The van der Waals surface area contributed by atoms with Crippen LogP contribution in [-0.2, 0) is 0 Å². The quantitative estimate of drug-likeness (QED) is 0.712. The Balaban J connectivity index is 1.61. The van der Waals surface area contributed by atoms with Crippen LogP contribution in [-0.4, -0.2) is 51.2 Å². The number of piperazine rings is 1. The summed E-state index contributed by atoms with van der Waals surface area (Å²) < 4.78 is 46.6. The maximum Gasteiger partial charge on any atom is 0.418 e. The zero-order valence-electron chi connectivity index (χ0n) is 14.7. The van der Waals surface area contributed by atoms with Crippen LogP contribution >= 0.6 is 0 Å². The number of anilines is 1. The summed E-state index contributed by atoms with van der Waals surface area (Å²) in [5.74, 6) is 0. The molecule has 7 nitrogen and oxygen atoms in total. The average molecular weight is 393 g/mol. The number of alkyl halides is 3. The van der Waals surface area contributed by atoms with Crippen molar-refractivity contribution in [2.24, 2.45) is 0 Å². The van der Waals surface area contributed by atoms with Crippen molar-refractivity contribution in [1.82, 2.24) is 20.1 Å². The largest absolute Gasteiger partial charge is 0.421 e. The van der Waals surface area contributed by atoms with Crippen molar-refractivity contribution in [3.8, 4) is 5.69 Å². The van der Waals surface area contributed by atoms with Gasteiger partial charge in [0.2, 0.25) is 0 Å². The van der Waals surface area contributed by atoms with Gasteiger partial charge in [0, 0.05) is 37.6 Å². The number of hydrogen-bond donors (Lipinski definition) is 2. The predicted octanol–water partition coefficient (Wildman–Crippen LogP) is 2.55. The second-order valence-electron chi connectivity index (χ2n) is 7.32. The second kappa shape index (κ2) is 6.21. The van der Waals surface area contributed by atoms with Gasteiger partial charge in [-0.1, -0.05) is 0 Å². The number of nitrogens with one attached hydrogen (secondary N) is 1. The zero-order valence-corrected chi connectivity index (χ0v) is 14.7. The average Bonchev–Trinajstić information content (AvgIpc) is 3.39. The van der Waals surface area contributed by atoms with Crippen molar-refractivity contribution < 1.29 is 22.7 Å². The number of fused-ring (bicyclic) bond motifs is 3. The summed E-state index contributed by atoms with van der Waals surface area (Å²) in [6.07, 6.45) is -2.10. The second-order valence-corrected chi connectivity index (χ2v) is 7.32. The first-order chi connectivity index (χ1) is 13.4. The van der Waals surface area contributed by atoms with Gasteiger partial charge in [-0.3, -0.25) is 0 Å². The minimum atomic E-state index is -4.78. The van der Waals surface area contributed by atoms with E-state index in [1.165, 1.54) is 23.0 Å². The minimum Gasteiger partial charge on any atom is -0.421 e. The summed E-state index contributed by atoms with van der Waals surface area (Å²) in [5, 5.41) is 17.4. The van der Waals surface area contributed by atoms with Gasteiger partial charge in [0.05, 0.1) is 0 Å². The normalized spacial score (nSPS) is 23.5. The van der Waals surface area contributed by atoms with Gasteiger partial charge < -0.3 is 19.7 Å². The number of aromatic nitrogens is 3. The van der Waals surface area contributed by atoms with E-state index >= 15 is 0 Å². The highest BCUT2D eigenvalue weighted by molar-refractivity contribution is 5.84. The molecule has 2 bridgehead atoms. The van der Waals surface area contributed by atoms with E-state index in [-0.39, 0.29) is 11.1 Å². The van der Waals surface area contributed by atoms with Crippen LogP contribution in [0.15, 0.2) is 35.0 Å². The molecule has 0 spiro atoms. The molecule has 2 aliphatic rings. The lowest BCUT2D eigenvalue weighted by atomic mass is 10.1. The van der Waals surface area contributed by atoms with Gasteiger partial charge in [0.1, 0.15) is 11.2 Å².